The van der Waals surface area contributed by atoms with Crippen LogP contribution in [0.15, 0.2) is 64.6 Å². The van der Waals surface area contributed by atoms with Crippen LogP contribution < -0.4 is 5.32 Å². The van der Waals surface area contributed by atoms with Gasteiger partial charge in [-0.2, -0.15) is 18.4 Å². The normalized spacial score (nSPS) is 11.7. The largest absolute Gasteiger partial charge is 0.457 e. The van der Waals surface area contributed by atoms with Crippen molar-refractivity contribution in [1.29, 1.82) is 5.26 Å². The van der Waals surface area contributed by atoms with Crippen LogP contribution in [0.5, 0.6) is 0 Å². The van der Waals surface area contributed by atoms with Crippen LogP contribution in [0.2, 0.25) is 5.02 Å². The second-order valence-corrected chi connectivity index (χ2v) is 6.73. The number of non-ortho nitro benzene ring substituents is 1. The molecule has 0 aliphatic rings. The number of nitro groups is 1. The zero-order valence-electron chi connectivity index (χ0n) is 15.8. The van der Waals surface area contributed by atoms with Crippen LogP contribution in [-0.2, 0) is 11.0 Å². The van der Waals surface area contributed by atoms with E-state index in [-0.39, 0.29) is 33.5 Å². The molecular formula is C21H11ClF3N3O4. The first kappa shape index (κ1) is 22.6. The third-order valence-electron chi connectivity index (χ3n) is 4.15. The lowest BCUT2D eigenvalue weighted by Gasteiger charge is -2.09. The van der Waals surface area contributed by atoms with Crippen molar-refractivity contribution in [3.8, 4) is 17.4 Å². The second-order valence-electron chi connectivity index (χ2n) is 6.33. The van der Waals surface area contributed by atoms with Gasteiger partial charge in [-0.05, 0) is 36.4 Å². The van der Waals surface area contributed by atoms with Crippen molar-refractivity contribution < 1.29 is 27.3 Å². The Bertz CT molecular complexity index is 1280. The summed E-state index contributed by atoms with van der Waals surface area (Å²) in [6.45, 7) is 0. The van der Waals surface area contributed by atoms with Crippen LogP contribution in [0.3, 0.4) is 0 Å². The van der Waals surface area contributed by atoms with Crippen LogP contribution in [-0.4, -0.2) is 10.8 Å². The molecule has 7 nitrogen and oxygen atoms in total. The molecule has 0 saturated carbocycles. The third-order valence-corrected chi connectivity index (χ3v) is 4.48. The number of rotatable bonds is 5. The molecule has 0 aliphatic heterocycles. The summed E-state index contributed by atoms with van der Waals surface area (Å²) < 4.78 is 44.4. The molecule has 0 bridgehead atoms. The van der Waals surface area contributed by atoms with Crippen LogP contribution in [0.25, 0.3) is 17.4 Å². The van der Waals surface area contributed by atoms with Gasteiger partial charge >= 0.3 is 6.18 Å². The van der Waals surface area contributed by atoms with Crippen molar-refractivity contribution in [3.05, 3.63) is 86.6 Å². The van der Waals surface area contributed by atoms with E-state index in [0.717, 1.165) is 30.3 Å². The highest BCUT2D eigenvalue weighted by Crippen LogP contribution is 2.36. The van der Waals surface area contributed by atoms with Gasteiger partial charge in [-0.15, -0.1) is 0 Å². The molecule has 0 spiro atoms. The highest BCUT2D eigenvalue weighted by molar-refractivity contribution is 6.33. The van der Waals surface area contributed by atoms with Crippen LogP contribution in [0.4, 0.5) is 24.5 Å². The third kappa shape index (κ3) is 5.14. The quantitative estimate of drug-likeness (QED) is 0.214. The number of amides is 1. The standard InChI is InChI=1S/C21H11ClF3N3O4/c22-18-6-4-13(21(23,24)25)9-17(18)19-7-5-16(32-19)8-12(11-26)20(29)27-14-2-1-3-15(10-14)28(30)31/h1-10H,(H,27,29)/b12-8+. The van der Waals surface area contributed by atoms with E-state index in [2.05, 4.69) is 5.32 Å². The Balaban J connectivity index is 1.86. The summed E-state index contributed by atoms with van der Waals surface area (Å²) in [6, 6.07) is 12.2. The highest BCUT2D eigenvalue weighted by atomic mass is 35.5. The van der Waals surface area contributed by atoms with Crippen molar-refractivity contribution in [2.45, 2.75) is 6.18 Å². The lowest BCUT2D eigenvalue weighted by molar-refractivity contribution is -0.384. The van der Waals surface area contributed by atoms with Gasteiger partial charge in [0.25, 0.3) is 11.6 Å². The van der Waals surface area contributed by atoms with E-state index < -0.39 is 28.1 Å². The summed E-state index contributed by atoms with van der Waals surface area (Å²) in [4.78, 5) is 22.6. The minimum absolute atomic E-state index is 0.00346. The number of hydrogen-bond acceptors (Lipinski definition) is 5. The van der Waals surface area contributed by atoms with Gasteiger partial charge in [-0.3, -0.25) is 14.9 Å². The highest BCUT2D eigenvalue weighted by Gasteiger charge is 2.31. The first-order chi connectivity index (χ1) is 15.1. The number of carbonyl (C=O) groups is 1. The number of nitriles is 1. The number of benzene rings is 2. The summed E-state index contributed by atoms with van der Waals surface area (Å²) in [7, 11) is 0. The monoisotopic (exact) mass is 461 g/mol. The van der Waals surface area contributed by atoms with E-state index >= 15 is 0 Å². The van der Waals surface area contributed by atoms with Crippen molar-refractivity contribution in [2.75, 3.05) is 5.32 Å². The van der Waals surface area contributed by atoms with E-state index in [0.29, 0.717) is 0 Å². The average Bonchev–Trinajstić information content (AvgIpc) is 3.20. The molecule has 1 N–H and O–H groups in total. The minimum atomic E-state index is -4.58. The van der Waals surface area contributed by atoms with Gasteiger partial charge < -0.3 is 9.73 Å². The van der Waals surface area contributed by atoms with Crippen LogP contribution in [0.1, 0.15) is 11.3 Å². The summed E-state index contributed by atoms with van der Waals surface area (Å²) in [6.07, 6.45) is -3.50. The molecule has 0 unspecified atom stereocenters. The molecule has 3 aromatic rings. The number of nitro benzene ring substituents is 1. The number of hydrogen-bond donors (Lipinski definition) is 1. The fourth-order valence-electron chi connectivity index (χ4n) is 2.65. The zero-order chi connectivity index (χ0) is 23.5. The van der Waals surface area contributed by atoms with Gasteiger partial charge in [0, 0.05) is 29.5 Å². The maximum atomic E-state index is 13.0. The lowest BCUT2D eigenvalue weighted by atomic mass is 10.1. The molecule has 3 rings (SSSR count). The van der Waals surface area contributed by atoms with E-state index in [1.165, 1.54) is 30.3 Å². The maximum Gasteiger partial charge on any atom is 0.416 e. The molecule has 1 heterocycles. The molecule has 162 valence electrons. The Morgan fingerprint density at radius 2 is 1.94 bits per heavy atom. The molecule has 0 saturated heterocycles. The van der Waals surface area contributed by atoms with Gasteiger partial charge in [0.2, 0.25) is 0 Å². The summed E-state index contributed by atoms with van der Waals surface area (Å²) in [5.74, 6) is -0.842. The van der Waals surface area contributed by atoms with Gasteiger partial charge in [-0.25, -0.2) is 0 Å². The number of halogens is 4. The number of alkyl halides is 3. The van der Waals surface area contributed by atoms with E-state index in [1.54, 1.807) is 6.07 Å². The SMILES string of the molecule is N#C/C(=C\c1ccc(-c2cc(C(F)(F)F)ccc2Cl)o1)C(=O)Nc1cccc([N+](=O)[O-])c1. The summed E-state index contributed by atoms with van der Waals surface area (Å²) in [5.41, 5.74) is -1.48. The second kappa shape index (κ2) is 8.95. The molecule has 0 fully saturated rings. The topological polar surface area (TPSA) is 109 Å². The minimum Gasteiger partial charge on any atom is -0.457 e. The predicted molar refractivity (Wildman–Crippen MR) is 109 cm³/mol. The van der Waals surface area contributed by atoms with Gasteiger partial charge in [-0.1, -0.05) is 17.7 Å². The molecule has 0 atom stereocenters. The van der Waals surface area contributed by atoms with E-state index in [4.69, 9.17) is 16.0 Å². The number of furan rings is 1. The molecule has 1 amide bonds. The van der Waals surface area contributed by atoms with Crippen molar-refractivity contribution >= 4 is 35.0 Å². The Morgan fingerprint density at radius 1 is 1.19 bits per heavy atom. The van der Waals surface area contributed by atoms with Crippen LogP contribution >= 0.6 is 11.6 Å². The Morgan fingerprint density at radius 3 is 2.59 bits per heavy atom. The molecule has 2 aromatic carbocycles. The summed E-state index contributed by atoms with van der Waals surface area (Å²) in [5, 5.41) is 22.5. The number of carbonyl (C=O) groups excluding carboxylic acids is 1. The van der Waals surface area contributed by atoms with Crippen molar-refractivity contribution in [2.24, 2.45) is 0 Å². The predicted octanol–water partition coefficient (Wildman–Crippen LogP) is 6.07. The summed E-state index contributed by atoms with van der Waals surface area (Å²) >= 11 is 5.99. The fraction of sp³-hybridized carbons (Fsp3) is 0.0476. The average molecular weight is 462 g/mol. The molecule has 11 heteroatoms. The molecule has 0 radical (unpaired) electrons. The van der Waals surface area contributed by atoms with Crippen molar-refractivity contribution in [1.82, 2.24) is 0 Å². The Labute approximate surface area is 183 Å². The number of anilines is 1. The number of nitrogens with one attached hydrogen (secondary N) is 1. The maximum absolute atomic E-state index is 13.0. The van der Waals surface area contributed by atoms with Gasteiger partial charge in [0.1, 0.15) is 23.2 Å². The molecular weight excluding hydrogens is 451 g/mol. The Kier molecular flexibility index (Phi) is 6.32. The van der Waals surface area contributed by atoms with Crippen molar-refractivity contribution in [3.63, 3.8) is 0 Å². The van der Waals surface area contributed by atoms with Gasteiger partial charge in [0.15, 0.2) is 0 Å². The molecule has 1 aromatic heterocycles. The smallest absolute Gasteiger partial charge is 0.416 e. The van der Waals surface area contributed by atoms with Gasteiger partial charge in [0.05, 0.1) is 15.5 Å². The van der Waals surface area contributed by atoms with E-state index in [9.17, 15) is 33.3 Å². The van der Waals surface area contributed by atoms with E-state index in [1.807, 2.05) is 0 Å². The zero-order valence-corrected chi connectivity index (χ0v) is 16.6. The Hall–Kier alpha value is -4.10. The first-order valence-corrected chi connectivity index (χ1v) is 9.11. The fourth-order valence-corrected chi connectivity index (χ4v) is 2.86. The van der Waals surface area contributed by atoms with Crippen LogP contribution in [0, 0.1) is 21.4 Å². The lowest BCUT2D eigenvalue weighted by Crippen LogP contribution is -2.13. The number of nitrogens with zero attached hydrogens (tertiary/aromatic N) is 2. The molecule has 0 aliphatic carbocycles. The first-order valence-electron chi connectivity index (χ1n) is 8.73. The molecule has 32 heavy (non-hydrogen) atoms.